The van der Waals surface area contributed by atoms with Crippen LogP contribution in [-0.4, -0.2) is 44.4 Å². The van der Waals surface area contributed by atoms with Gasteiger partial charge in [-0.3, -0.25) is 14.8 Å². The van der Waals surface area contributed by atoms with Gasteiger partial charge in [-0.25, -0.2) is 9.68 Å². The van der Waals surface area contributed by atoms with E-state index in [1.165, 1.54) is 13.8 Å². The number of carbonyl (C=O) groups excluding carboxylic acids is 3. The Morgan fingerprint density at radius 2 is 1.61 bits per heavy atom. The number of Topliss-reactive ketones (excluding diaryl/α,β-unsaturated/α-hetero) is 2. The molecular formula is C10H16O8. The van der Waals surface area contributed by atoms with Gasteiger partial charge in [-0.1, -0.05) is 0 Å². The largest absolute Gasteiger partial charge is 0.387 e. The molecule has 0 rings (SSSR count). The third-order valence-electron chi connectivity index (χ3n) is 2.66. The molecule has 0 aromatic rings. The van der Waals surface area contributed by atoms with Gasteiger partial charge < -0.3 is 9.99 Å². The van der Waals surface area contributed by atoms with Crippen molar-refractivity contribution in [2.75, 3.05) is 0 Å². The van der Waals surface area contributed by atoms with Gasteiger partial charge >= 0.3 is 5.97 Å². The van der Waals surface area contributed by atoms with Gasteiger partial charge in [0.2, 0.25) is 5.78 Å². The van der Waals surface area contributed by atoms with E-state index in [4.69, 9.17) is 10.5 Å². The van der Waals surface area contributed by atoms with Crippen molar-refractivity contribution in [3.8, 4) is 0 Å². The van der Waals surface area contributed by atoms with Gasteiger partial charge in [0, 0.05) is 13.3 Å². The van der Waals surface area contributed by atoms with E-state index in [1.54, 1.807) is 0 Å². The molecule has 0 aliphatic heterocycles. The van der Waals surface area contributed by atoms with Crippen molar-refractivity contribution in [3.63, 3.8) is 0 Å². The molecule has 8 nitrogen and oxygen atoms in total. The summed E-state index contributed by atoms with van der Waals surface area (Å²) in [5.74, 6) is -3.00. The predicted octanol–water partition coefficient (Wildman–Crippen LogP) is -0.0598. The SMILES string of the molecule is CC(=O)C(=O)CC(CC(=O)OO)(OO)C(C)(C)O. The minimum atomic E-state index is -2.09. The third-order valence-corrected chi connectivity index (χ3v) is 2.66. The average molecular weight is 264 g/mol. The first-order valence-electron chi connectivity index (χ1n) is 5.02. The smallest absolute Gasteiger partial charge is 0.345 e. The fourth-order valence-electron chi connectivity index (χ4n) is 1.32. The molecule has 8 heteroatoms. The highest BCUT2D eigenvalue weighted by Crippen LogP contribution is 2.33. The van der Waals surface area contributed by atoms with Crippen molar-refractivity contribution < 1.29 is 39.8 Å². The lowest BCUT2D eigenvalue weighted by molar-refractivity contribution is -0.362. The Balaban J connectivity index is 5.31. The highest BCUT2D eigenvalue weighted by atomic mass is 17.1. The first-order chi connectivity index (χ1) is 8.09. The zero-order valence-electron chi connectivity index (χ0n) is 10.3. The standard InChI is InChI=1S/C10H16O8/c1-6(11)7(12)4-10(18-16,9(2,3)14)5-8(13)17-15/h14-16H,4-5H2,1-3H3. The predicted molar refractivity (Wildman–Crippen MR) is 56.4 cm³/mol. The van der Waals surface area contributed by atoms with Crippen LogP contribution in [0, 0.1) is 0 Å². The first kappa shape index (κ1) is 16.6. The van der Waals surface area contributed by atoms with Crippen LogP contribution in [0.25, 0.3) is 0 Å². The molecule has 18 heavy (non-hydrogen) atoms. The number of aliphatic hydroxyl groups is 1. The maximum atomic E-state index is 11.4. The second kappa shape index (κ2) is 6.01. The molecule has 0 aliphatic carbocycles. The Hall–Kier alpha value is -1.35. The molecule has 3 N–H and O–H groups in total. The van der Waals surface area contributed by atoms with E-state index in [1.807, 2.05) is 0 Å². The molecule has 0 bridgehead atoms. The van der Waals surface area contributed by atoms with Crippen LogP contribution in [0.1, 0.15) is 33.6 Å². The lowest BCUT2D eigenvalue weighted by Gasteiger charge is -2.38. The van der Waals surface area contributed by atoms with Crippen molar-refractivity contribution in [1.82, 2.24) is 0 Å². The van der Waals surface area contributed by atoms with Crippen LogP contribution in [0.3, 0.4) is 0 Å². The second-order valence-corrected chi connectivity index (χ2v) is 4.44. The van der Waals surface area contributed by atoms with Crippen molar-refractivity contribution in [3.05, 3.63) is 0 Å². The van der Waals surface area contributed by atoms with Gasteiger partial charge in [-0.15, -0.1) is 0 Å². The molecule has 0 fully saturated rings. The average Bonchev–Trinajstić information content (AvgIpc) is 2.25. The number of carbonyl (C=O) groups is 3. The van der Waals surface area contributed by atoms with Crippen LogP contribution in [-0.2, 0) is 24.2 Å². The molecule has 0 amide bonds. The molecule has 104 valence electrons. The molecule has 0 spiro atoms. The summed E-state index contributed by atoms with van der Waals surface area (Å²) in [4.78, 5) is 40.7. The van der Waals surface area contributed by atoms with Crippen molar-refractivity contribution >= 4 is 17.5 Å². The quantitative estimate of drug-likeness (QED) is 0.331. The monoisotopic (exact) mass is 264 g/mol. The summed E-state index contributed by atoms with van der Waals surface area (Å²) in [5, 5.41) is 26.9. The Labute approximate surface area is 103 Å². The fourth-order valence-corrected chi connectivity index (χ4v) is 1.32. The topological polar surface area (TPSA) is 130 Å². The maximum absolute atomic E-state index is 11.4. The molecule has 0 saturated carbocycles. The van der Waals surface area contributed by atoms with E-state index in [9.17, 15) is 19.5 Å². The van der Waals surface area contributed by atoms with E-state index >= 15 is 0 Å². The number of rotatable bonds is 7. The minimum absolute atomic E-state index is 0.739. The first-order valence-corrected chi connectivity index (χ1v) is 5.02. The molecule has 0 saturated heterocycles. The summed E-state index contributed by atoms with van der Waals surface area (Å²) in [7, 11) is 0. The van der Waals surface area contributed by atoms with Gasteiger partial charge in [-0.2, -0.15) is 5.26 Å². The van der Waals surface area contributed by atoms with Crippen LogP contribution in [0.15, 0.2) is 0 Å². The van der Waals surface area contributed by atoms with Crippen LogP contribution < -0.4 is 0 Å². The lowest BCUT2D eigenvalue weighted by atomic mass is 9.78. The number of ketones is 2. The van der Waals surface area contributed by atoms with E-state index < -0.39 is 41.6 Å². The van der Waals surface area contributed by atoms with Crippen molar-refractivity contribution in [2.45, 2.75) is 44.8 Å². The number of hydrogen-bond donors (Lipinski definition) is 3. The van der Waals surface area contributed by atoms with E-state index in [2.05, 4.69) is 9.78 Å². The molecule has 1 unspecified atom stereocenters. The third kappa shape index (κ3) is 3.84. The van der Waals surface area contributed by atoms with Gasteiger partial charge in [0.25, 0.3) is 0 Å². The van der Waals surface area contributed by atoms with Crippen LogP contribution in [0.4, 0.5) is 0 Å². The van der Waals surface area contributed by atoms with E-state index in [-0.39, 0.29) is 0 Å². The van der Waals surface area contributed by atoms with Gasteiger partial charge in [0.15, 0.2) is 5.78 Å². The second-order valence-electron chi connectivity index (χ2n) is 4.44. The molecule has 0 aromatic heterocycles. The van der Waals surface area contributed by atoms with Crippen LogP contribution in [0.5, 0.6) is 0 Å². The molecule has 0 heterocycles. The lowest BCUT2D eigenvalue weighted by Crippen LogP contribution is -2.55. The normalized spacial score (nSPS) is 14.8. The minimum Gasteiger partial charge on any atom is -0.387 e. The van der Waals surface area contributed by atoms with E-state index in [0.29, 0.717) is 0 Å². The van der Waals surface area contributed by atoms with Crippen LogP contribution >= 0.6 is 0 Å². The highest BCUT2D eigenvalue weighted by molar-refractivity contribution is 6.36. The number of hydrogen-bond acceptors (Lipinski definition) is 8. The Kier molecular flexibility index (Phi) is 5.55. The Morgan fingerprint density at radius 3 is 1.89 bits per heavy atom. The van der Waals surface area contributed by atoms with Gasteiger partial charge in [0.1, 0.15) is 5.60 Å². The molecular weight excluding hydrogens is 248 g/mol. The van der Waals surface area contributed by atoms with E-state index in [0.717, 1.165) is 6.92 Å². The molecule has 0 aliphatic rings. The summed E-state index contributed by atoms with van der Waals surface area (Å²) in [6.45, 7) is 3.34. The van der Waals surface area contributed by atoms with Gasteiger partial charge in [0.05, 0.1) is 12.0 Å². The molecule has 0 radical (unpaired) electrons. The Morgan fingerprint density at radius 1 is 1.11 bits per heavy atom. The molecule has 0 aromatic carbocycles. The Bertz CT molecular complexity index is 342. The summed E-state index contributed by atoms with van der Waals surface area (Å²) in [6, 6.07) is 0. The van der Waals surface area contributed by atoms with Crippen molar-refractivity contribution in [1.29, 1.82) is 0 Å². The van der Waals surface area contributed by atoms with Crippen LogP contribution in [0.2, 0.25) is 0 Å². The summed E-state index contributed by atoms with van der Waals surface area (Å²) in [6.07, 6.45) is -1.56. The highest BCUT2D eigenvalue weighted by Gasteiger charge is 2.50. The zero-order chi connectivity index (χ0) is 14.6. The maximum Gasteiger partial charge on any atom is 0.345 e. The molecule has 1 atom stereocenters. The van der Waals surface area contributed by atoms with Crippen molar-refractivity contribution in [2.24, 2.45) is 0 Å². The zero-order valence-corrected chi connectivity index (χ0v) is 10.3. The summed E-state index contributed by atoms with van der Waals surface area (Å²) >= 11 is 0. The summed E-state index contributed by atoms with van der Waals surface area (Å²) in [5.41, 5.74) is -3.93. The summed E-state index contributed by atoms with van der Waals surface area (Å²) < 4.78 is 0. The van der Waals surface area contributed by atoms with Gasteiger partial charge in [-0.05, 0) is 13.8 Å². The fraction of sp³-hybridized carbons (Fsp3) is 0.700.